The Bertz CT molecular complexity index is 275. The zero-order valence-corrected chi connectivity index (χ0v) is 10.8. The molecule has 1 N–H and O–H groups in total. The molecule has 0 bridgehead atoms. The number of nitrogens with one attached hydrogen (secondary N) is 1. The van der Waals surface area contributed by atoms with E-state index in [1.807, 2.05) is 13.0 Å². The molecule has 3 nitrogen and oxygen atoms in total. The summed E-state index contributed by atoms with van der Waals surface area (Å²) >= 11 is 3.44. The molecule has 0 saturated heterocycles. The molecule has 1 unspecified atom stereocenters. The first kappa shape index (κ1) is 12.7. The molecule has 0 fully saturated rings. The summed E-state index contributed by atoms with van der Waals surface area (Å²) in [4.78, 5) is 0. The van der Waals surface area contributed by atoms with Crippen LogP contribution >= 0.6 is 15.9 Å². The number of furan rings is 1. The predicted molar refractivity (Wildman–Crippen MR) is 63.9 cm³/mol. The van der Waals surface area contributed by atoms with Gasteiger partial charge < -0.3 is 14.5 Å². The number of hydrogen-bond acceptors (Lipinski definition) is 3. The van der Waals surface area contributed by atoms with Gasteiger partial charge in [-0.2, -0.15) is 0 Å². The molecule has 1 atom stereocenters. The molecule has 86 valence electrons. The molecule has 0 aliphatic heterocycles. The summed E-state index contributed by atoms with van der Waals surface area (Å²) in [5.74, 6) is 0.950. The summed E-state index contributed by atoms with van der Waals surface area (Å²) in [6, 6.07) is 2.14. The summed E-state index contributed by atoms with van der Waals surface area (Å²) in [7, 11) is 0. The Morgan fingerprint density at radius 2 is 2.40 bits per heavy atom. The molecule has 0 aromatic carbocycles. The van der Waals surface area contributed by atoms with Crippen molar-refractivity contribution in [1.82, 2.24) is 5.32 Å². The van der Waals surface area contributed by atoms with Crippen LogP contribution in [0.3, 0.4) is 0 Å². The molecule has 1 aromatic heterocycles. The number of hydrogen-bond donors (Lipinski definition) is 1. The highest BCUT2D eigenvalue weighted by Crippen LogP contribution is 2.23. The summed E-state index contributed by atoms with van der Waals surface area (Å²) in [6.07, 6.45) is 2.72. The maximum Gasteiger partial charge on any atom is 0.134 e. The zero-order valence-electron chi connectivity index (χ0n) is 9.25. The van der Waals surface area contributed by atoms with Crippen LogP contribution in [0.5, 0.6) is 0 Å². The number of halogens is 1. The summed E-state index contributed by atoms with van der Waals surface area (Å²) in [5.41, 5.74) is 0. The Hall–Kier alpha value is -0.320. The molecule has 4 heteroatoms. The van der Waals surface area contributed by atoms with E-state index in [0.717, 1.165) is 36.4 Å². The lowest BCUT2D eigenvalue weighted by Crippen LogP contribution is -2.20. The fourth-order valence-electron chi connectivity index (χ4n) is 1.34. The SMILES string of the molecule is CCOCCCNC(C)c1occc1Br. The van der Waals surface area contributed by atoms with Crippen molar-refractivity contribution >= 4 is 15.9 Å². The Morgan fingerprint density at radius 3 is 3.00 bits per heavy atom. The van der Waals surface area contributed by atoms with Crippen molar-refractivity contribution in [3.63, 3.8) is 0 Å². The minimum Gasteiger partial charge on any atom is -0.466 e. The molecule has 0 aliphatic carbocycles. The Morgan fingerprint density at radius 1 is 1.60 bits per heavy atom. The minimum absolute atomic E-state index is 0.232. The molecule has 0 saturated carbocycles. The maximum absolute atomic E-state index is 5.36. The lowest BCUT2D eigenvalue weighted by Gasteiger charge is -2.11. The fraction of sp³-hybridized carbons (Fsp3) is 0.636. The smallest absolute Gasteiger partial charge is 0.134 e. The molecule has 1 aromatic rings. The summed E-state index contributed by atoms with van der Waals surface area (Å²) in [6.45, 7) is 6.64. The van der Waals surface area contributed by atoms with E-state index in [1.54, 1.807) is 6.26 Å². The van der Waals surface area contributed by atoms with Gasteiger partial charge in [-0.05, 0) is 48.8 Å². The molecule has 1 heterocycles. The van der Waals surface area contributed by atoms with Crippen LogP contribution in [0, 0.1) is 0 Å². The van der Waals surface area contributed by atoms with Gasteiger partial charge in [-0.3, -0.25) is 0 Å². The third kappa shape index (κ3) is 4.36. The van der Waals surface area contributed by atoms with Crippen LogP contribution in [0.25, 0.3) is 0 Å². The average molecular weight is 276 g/mol. The largest absolute Gasteiger partial charge is 0.466 e. The van der Waals surface area contributed by atoms with Gasteiger partial charge >= 0.3 is 0 Å². The fourth-order valence-corrected chi connectivity index (χ4v) is 1.89. The highest BCUT2D eigenvalue weighted by atomic mass is 79.9. The lowest BCUT2D eigenvalue weighted by molar-refractivity contribution is 0.144. The van der Waals surface area contributed by atoms with E-state index in [-0.39, 0.29) is 6.04 Å². The quantitative estimate of drug-likeness (QED) is 0.777. The van der Waals surface area contributed by atoms with Crippen LogP contribution in [-0.2, 0) is 4.74 Å². The average Bonchev–Trinajstić information content (AvgIpc) is 2.64. The second kappa shape index (κ2) is 7.04. The molecular weight excluding hydrogens is 258 g/mol. The molecule has 0 radical (unpaired) electrons. The van der Waals surface area contributed by atoms with Gasteiger partial charge in [-0.15, -0.1) is 0 Å². The van der Waals surface area contributed by atoms with Gasteiger partial charge in [-0.25, -0.2) is 0 Å². The standard InChI is InChI=1S/C11H18BrNO2/c1-3-14-7-4-6-13-9(2)11-10(12)5-8-15-11/h5,8-9,13H,3-4,6-7H2,1-2H3. The molecule has 0 aliphatic rings. The Kier molecular flexibility index (Phi) is 5.98. The second-order valence-corrected chi connectivity index (χ2v) is 4.21. The summed E-state index contributed by atoms with van der Waals surface area (Å²) in [5, 5.41) is 3.38. The van der Waals surface area contributed by atoms with Crippen molar-refractivity contribution in [2.45, 2.75) is 26.3 Å². The van der Waals surface area contributed by atoms with Gasteiger partial charge in [0.15, 0.2) is 0 Å². The highest BCUT2D eigenvalue weighted by Gasteiger charge is 2.11. The topological polar surface area (TPSA) is 34.4 Å². The van der Waals surface area contributed by atoms with Crippen LogP contribution in [0.4, 0.5) is 0 Å². The van der Waals surface area contributed by atoms with E-state index in [0.29, 0.717) is 0 Å². The van der Waals surface area contributed by atoms with Crippen molar-refractivity contribution in [2.24, 2.45) is 0 Å². The monoisotopic (exact) mass is 275 g/mol. The van der Waals surface area contributed by atoms with Gasteiger partial charge in [0.1, 0.15) is 5.76 Å². The third-order valence-electron chi connectivity index (χ3n) is 2.16. The van der Waals surface area contributed by atoms with Gasteiger partial charge in [-0.1, -0.05) is 0 Å². The normalized spacial score (nSPS) is 13.0. The van der Waals surface area contributed by atoms with E-state index in [4.69, 9.17) is 9.15 Å². The van der Waals surface area contributed by atoms with E-state index in [1.165, 1.54) is 0 Å². The summed E-state index contributed by atoms with van der Waals surface area (Å²) < 4.78 is 11.6. The van der Waals surface area contributed by atoms with E-state index >= 15 is 0 Å². The van der Waals surface area contributed by atoms with E-state index in [9.17, 15) is 0 Å². The second-order valence-electron chi connectivity index (χ2n) is 3.36. The van der Waals surface area contributed by atoms with Crippen LogP contribution in [0.1, 0.15) is 32.1 Å². The van der Waals surface area contributed by atoms with Crippen LogP contribution in [0.2, 0.25) is 0 Å². The van der Waals surface area contributed by atoms with Gasteiger partial charge in [0.25, 0.3) is 0 Å². The third-order valence-corrected chi connectivity index (χ3v) is 2.81. The number of ether oxygens (including phenoxy) is 1. The molecule has 0 spiro atoms. The van der Waals surface area contributed by atoms with Crippen molar-refractivity contribution in [3.05, 3.63) is 22.6 Å². The van der Waals surface area contributed by atoms with Gasteiger partial charge in [0.2, 0.25) is 0 Å². The van der Waals surface area contributed by atoms with Gasteiger partial charge in [0.05, 0.1) is 16.8 Å². The van der Waals surface area contributed by atoms with Crippen molar-refractivity contribution < 1.29 is 9.15 Å². The Balaban J connectivity index is 2.19. The highest BCUT2D eigenvalue weighted by molar-refractivity contribution is 9.10. The molecule has 0 amide bonds. The van der Waals surface area contributed by atoms with Crippen LogP contribution in [0.15, 0.2) is 21.2 Å². The predicted octanol–water partition coefficient (Wildman–Crippen LogP) is 3.12. The molecule has 15 heavy (non-hydrogen) atoms. The van der Waals surface area contributed by atoms with Crippen molar-refractivity contribution in [1.29, 1.82) is 0 Å². The van der Waals surface area contributed by atoms with Gasteiger partial charge in [0, 0.05) is 13.2 Å². The maximum atomic E-state index is 5.36. The van der Waals surface area contributed by atoms with Crippen molar-refractivity contribution in [3.8, 4) is 0 Å². The Labute approximate surface area is 99.3 Å². The zero-order chi connectivity index (χ0) is 11.1. The van der Waals surface area contributed by atoms with Crippen LogP contribution in [-0.4, -0.2) is 19.8 Å². The molecule has 1 rings (SSSR count). The molecular formula is C11H18BrNO2. The first-order valence-corrected chi connectivity index (χ1v) is 6.09. The van der Waals surface area contributed by atoms with Crippen LogP contribution < -0.4 is 5.32 Å². The lowest BCUT2D eigenvalue weighted by atomic mass is 10.2. The number of rotatable bonds is 7. The van der Waals surface area contributed by atoms with E-state index < -0.39 is 0 Å². The minimum atomic E-state index is 0.232. The van der Waals surface area contributed by atoms with E-state index in [2.05, 4.69) is 28.2 Å². The first-order chi connectivity index (χ1) is 7.25. The first-order valence-electron chi connectivity index (χ1n) is 5.29. The van der Waals surface area contributed by atoms with Crippen molar-refractivity contribution in [2.75, 3.05) is 19.8 Å².